The molecule has 0 aliphatic heterocycles. The van der Waals surface area contributed by atoms with Gasteiger partial charge in [-0.3, -0.25) is 0 Å². The van der Waals surface area contributed by atoms with Crippen molar-refractivity contribution in [3.8, 4) is 0 Å². The van der Waals surface area contributed by atoms with E-state index >= 15 is 0 Å². The Hall–Kier alpha value is 0.0500. The zero-order valence-corrected chi connectivity index (χ0v) is 10.00. The lowest BCUT2D eigenvalue weighted by atomic mass is 10.6. The third-order valence-electron chi connectivity index (χ3n) is 1.26. The van der Waals surface area contributed by atoms with Crippen LogP contribution in [0.1, 0.15) is 0 Å². The van der Waals surface area contributed by atoms with Gasteiger partial charge in [-0.05, 0) is 44.6 Å². The molecule has 0 fully saturated rings. The molecule has 2 aromatic heterocycles. The molecule has 0 atom stereocenters. The number of nitrogens with zero attached hydrogens (tertiary/aromatic N) is 4. The number of hydrogen-bond donors (Lipinski definition) is 0. The van der Waals surface area contributed by atoms with Gasteiger partial charge in [0.05, 0.1) is 3.57 Å². The van der Waals surface area contributed by atoms with Crippen molar-refractivity contribution < 1.29 is 0 Å². The molecule has 0 spiro atoms. The number of fused-ring (bicyclic) bond motifs is 1. The number of hydrogen-bond acceptors (Lipinski definition) is 3. The van der Waals surface area contributed by atoms with Crippen molar-refractivity contribution in [1.82, 2.24) is 19.8 Å². The Morgan fingerprint density at radius 3 is 3.00 bits per heavy atom. The van der Waals surface area contributed by atoms with Crippen molar-refractivity contribution in [2.75, 3.05) is 0 Å². The molecule has 0 saturated carbocycles. The van der Waals surface area contributed by atoms with Crippen LogP contribution in [0.5, 0.6) is 0 Å². The van der Waals surface area contributed by atoms with Crippen molar-refractivity contribution in [3.63, 3.8) is 0 Å². The van der Waals surface area contributed by atoms with Gasteiger partial charge in [0.1, 0.15) is 0 Å². The van der Waals surface area contributed by atoms with E-state index in [0.717, 1.165) is 3.57 Å². The van der Waals surface area contributed by atoms with Crippen LogP contribution in [-0.4, -0.2) is 19.8 Å². The average Bonchev–Trinajstić information content (AvgIpc) is 2.33. The topological polar surface area (TPSA) is 43.1 Å². The molecule has 0 radical (unpaired) electrons. The Labute approximate surface area is 94.6 Å². The molecule has 0 aromatic carbocycles. The van der Waals surface area contributed by atoms with Gasteiger partial charge in [0.25, 0.3) is 0 Å². The van der Waals surface area contributed by atoms with Gasteiger partial charge in [0, 0.05) is 0 Å². The fraction of sp³-hybridized carbons (Fsp3) is 0. The fourth-order valence-corrected chi connectivity index (χ4v) is 2.12. The summed E-state index contributed by atoms with van der Waals surface area (Å²) in [7, 11) is 0. The molecular weight excluding hydrogens is 358 g/mol. The van der Waals surface area contributed by atoms with E-state index in [9.17, 15) is 0 Å². The first-order valence-electron chi connectivity index (χ1n) is 2.91. The highest BCUT2D eigenvalue weighted by Gasteiger charge is 2.07. The predicted molar refractivity (Wildman–Crippen MR) is 56.2 cm³/mol. The van der Waals surface area contributed by atoms with Crippen LogP contribution in [0.2, 0.25) is 5.15 Å². The highest BCUT2D eigenvalue weighted by Crippen LogP contribution is 2.17. The third-order valence-corrected chi connectivity index (χ3v) is 2.73. The third kappa shape index (κ3) is 1.31. The minimum atomic E-state index is 0.424. The van der Waals surface area contributed by atoms with Crippen molar-refractivity contribution in [2.24, 2.45) is 0 Å². The molecule has 0 aliphatic rings. The number of aromatic nitrogens is 4. The number of rotatable bonds is 0. The zero-order chi connectivity index (χ0) is 8.72. The summed E-state index contributed by atoms with van der Waals surface area (Å²) in [4.78, 5) is 0. The van der Waals surface area contributed by atoms with E-state index in [0.29, 0.717) is 15.5 Å². The summed E-state index contributed by atoms with van der Waals surface area (Å²) in [5.41, 5.74) is 0.701. The summed E-state index contributed by atoms with van der Waals surface area (Å²) in [6, 6.07) is 1.73. The summed E-state index contributed by atoms with van der Waals surface area (Å²) < 4.78 is 3.02. The Morgan fingerprint density at radius 1 is 1.50 bits per heavy atom. The van der Waals surface area contributed by atoms with Gasteiger partial charge >= 0.3 is 0 Å². The van der Waals surface area contributed by atoms with Crippen LogP contribution in [0.15, 0.2) is 10.8 Å². The van der Waals surface area contributed by atoms with Crippen molar-refractivity contribution in [2.45, 2.75) is 0 Å². The summed E-state index contributed by atoms with van der Waals surface area (Å²) in [5, 5.41) is 12.1. The average molecular weight is 359 g/mol. The lowest BCUT2D eigenvalue weighted by Gasteiger charge is -1.95. The summed E-state index contributed by atoms with van der Waals surface area (Å²) >= 11 is 11.1. The Bertz CT molecular complexity index is 442. The molecule has 0 amide bonds. The quantitative estimate of drug-likeness (QED) is 0.677. The Balaban J connectivity index is 2.92. The fourth-order valence-electron chi connectivity index (χ4n) is 0.792. The van der Waals surface area contributed by atoms with Crippen LogP contribution in [-0.2, 0) is 0 Å². The molecule has 62 valence electrons. The van der Waals surface area contributed by atoms with Crippen LogP contribution in [0.4, 0.5) is 0 Å². The van der Waals surface area contributed by atoms with E-state index in [4.69, 9.17) is 11.6 Å². The van der Waals surface area contributed by atoms with Crippen LogP contribution >= 0.6 is 50.1 Å². The van der Waals surface area contributed by atoms with Gasteiger partial charge in [-0.2, -0.15) is 9.61 Å². The molecule has 0 aliphatic carbocycles. The van der Waals surface area contributed by atoms with Crippen molar-refractivity contribution in [1.29, 1.82) is 0 Å². The van der Waals surface area contributed by atoms with Crippen LogP contribution in [0.25, 0.3) is 5.65 Å². The molecule has 0 bridgehead atoms. The maximum absolute atomic E-state index is 5.74. The maximum atomic E-state index is 5.74. The molecular formula is C5HBrClIN4. The Kier molecular flexibility index (Phi) is 2.21. The van der Waals surface area contributed by atoms with Crippen molar-refractivity contribution >= 4 is 55.8 Å². The first-order chi connectivity index (χ1) is 5.68. The monoisotopic (exact) mass is 358 g/mol. The van der Waals surface area contributed by atoms with E-state index < -0.39 is 0 Å². The molecule has 0 unspecified atom stereocenters. The molecule has 2 heterocycles. The highest BCUT2D eigenvalue weighted by molar-refractivity contribution is 14.1. The molecule has 0 N–H and O–H groups in total. The smallest absolute Gasteiger partial charge is 0.184 e. The second kappa shape index (κ2) is 3.08. The predicted octanol–water partition coefficient (Wildman–Crippen LogP) is 2.14. The van der Waals surface area contributed by atoms with E-state index in [-0.39, 0.29) is 0 Å². The molecule has 4 nitrogen and oxygen atoms in total. The normalized spacial score (nSPS) is 10.9. The van der Waals surface area contributed by atoms with Gasteiger partial charge in [0.2, 0.25) is 4.73 Å². The second-order valence-corrected chi connectivity index (χ2v) is 4.28. The summed E-state index contributed by atoms with van der Waals surface area (Å²) in [6.45, 7) is 0. The highest BCUT2D eigenvalue weighted by atomic mass is 127. The van der Waals surface area contributed by atoms with E-state index in [2.05, 4.69) is 53.8 Å². The summed E-state index contributed by atoms with van der Waals surface area (Å²) in [5.74, 6) is 0. The second-order valence-electron chi connectivity index (χ2n) is 2.02. The largest absolute Gasteiger partial charge is 0.221 e. The van der Waals surface area contributed by atoms with Gasteiger partial charge in [0.15, 0.2) is 10.8 Å². The molecule has 2 rings (SSSR count). The van der Waals surface area contributed by atoms with Crippen molar-refractivity contribution in [3.05, 3.63) is 19.5 Å². The van der Waals surface area contributed by atoms with Gasteiger partial charge in [-0.1, -0.05) is 11.6 Å². The van der Waals surface area contributed by atoms with E-state index in [1.165, 1.54) is 0 Å². The lowest BCUT2D eigenvalue weighted by molar-refractivity contribution is 0.895. The van der Waals surface area contributed by atoms with Crippen LogP contribution in [0, 0.1) is 3.57 Å². The van der Waals surface area contributed by atoms with Crippen LogP contribution < -0.4 is 0 Å². The van der Waals surface area contributed by atoms with E-state index in [1.54, 1.807) is 10.6 Å². The van der Waals surface area contributed by atoms with Crippen LogP contribution in [0.3, 0.4) is 0 Å². The molecule has 0 saturated heterocycles. The first kappa shape index (κ1) is 8.64. The lowest BCUT2D eigenvalue weighted by Crippen LogP contribution is -1.94. The zero-order valence-electron chi connectivity index (χ0n) is 5.50. The molecule has 2 aromatic rings. The number of halogens is 3. The minimum absolute atomic E-state index is 0.424. The van der Waals surface area contributed by atoms with E-state index in [1.807, 2.05) is 0 Å². The Morgan fingerprint density at radius 2 is 2.25 bits per heavy atom. The molecule has 12 heavy (non-hydrogen) atoms. The molecule has 7 heteroatoms. The standard InChI is InChI=1S/C5HBrClIN4/c6-5-10-9-4-2(8)1-3(7)11-12(4)5/h1H. The first-order valence-corrected chi connectivity index (χ1v) is 5.16. The maximum Gasteiger partial charge on any atom is 0.221 e. The van der Waals surface area contributed by atoms with Gasteiger partial charge < -0.3 is 0 Å². The van der Waals surface area contributed by atoms with Gasteiger partial charge in [-0.15, -0.1) is 10.2 Å². The van der Waals surface area contributed by atoms with Gasteiger partial charge in [-0.25, -0.2) is 0 Å². The minimum Gasteiger partial charge on any atom is -0.184 e. The summed E-state index contributed by atoms with van der Waals surface area (Å²) in [6.07, 6.45) is 0. The SMILES string of the molecule is Clc1cc(I)c2nnc(Br)n2n1.